The summed E-state index contributed by atoms with van der Waals surface area (Å²) >= 11 is 18.5. The smallest absolute Gasteiger partial charge is 0.325 e. The summed E-state index contributed by atoms with van der Waals surface area (Å²) in [6, 6.07) is 5.31. The molecule has 0 unspecified atom stereocenters. The molecule has 2 aromatic heterocycles. The summed E-state index contributed by atoms with van der Waals surface area (Å²) < 4.78 is 39.9. The number of pyridine rings is 1. The summed E-state index contributed by atoms with van der Waals surface area (Å²) in [4.78, 5) is 12.1. The minimum absolute atomic E-state index is 0.0641. The molecule has 0 atom stereocenters. The fourth-order valence-electron chi connectivity index (χ4n) is 2.14. The third kappa shape index (κ3) is 4.78. The monoisotopic (exact) mass is 454 g/mol. The summed E-state index contributed by atoms with van der Waals surface area (Å²) in [5.41, 5.74) is -0.486. The predicted octanol–water partition coefficient (Wildman–Crippen LogP) is 5.44. The number of carbonyl (C=O) groups is 1. The van der Waals surface area contributed by atoms with Gasteiger partial charge < -0.3 is 5.32 Å². The lowest BCUT2D eigenvalue weighted by Crippen LogP contribution is -2.14. The first kappa shape index (κ1) is 20.1. The van der Waals surface area contributed by atoms with Crippen LogP contribution in [0.25, 0.3) is 5.65 Å². The largest absolute Gasteiger partial charge is 0.417 e. The Balaban J connectivity index is 1.76. The highest BCUT2D eigenvalue weighted by molar-refractivity contribution is 7.99. The van der Waals surface area contributed by atoms with Gasteiger partial charge in [-0.2, -0.15) is 13.2 Å². The van der Waals surface area contributed by atoms with Gasteiger partial charge in [0.25, 0.3) is 0 Å². The predicted molar refractivity (Wildman–Crippen MR) is 98.8 cm³/mol. The highest BCUT2D eigenvalue weighted by Crippen LogP contribution is 2.33. The summed E-state index contributed by atoms with van der Waals surface area (Å²) in [7, 11) is 0. The van der Waals surface area contributed by atoms with E-state index in [1.165, 1.54) is 18.2 Å². The normalized spacial score (nSPS) is 11.8. The van der Waals surface area contributed by atoms with Crippen LogP contribution in [-0.4, -0.2) is 26.3 Å². The number of alkyl halides is 3. The van der Waals surface area contributed by atoms with Crippen LogP contribution in [0.2, 0.25) is 15.1 Å². The number of nitrogens with zero attached hydrogens (tertiary/aromatic N) is 3. The number of hydrogen-bond donors (Lipinski definition) is 1. The van der Waals surface area contributed by atoms with Crippen molar-refractivity contribution < 1.29 is 18.0 Å². The molecule has 0 fully saturated rings. The molecule has 2 heterocycles. The van der Waals surface area contributed by atoms with Crippen LogP contribution in [0.3, 0.4) is 0 Å². The van der Waals surface area contributed by atoms with E-state index in [2.05, 4.69) is 15.5 Å². The zero-order chi connectivity index (χ0) is 19.8. The molecule has 0 saturated heterocycles. The van der Waals surface area contributed by atoms with Gasteiger partial charge in [-0.05, 0) is 24.3 Å². The number of nitrogens with one attached hydrogen (secondary N) is 1. The van der Waals surface area contributed by atoms with Crippen molar-refractivity contribution in [3.05, 3.63) is 51.1 Å². The molecule has 1 aromatic carbocycles. The van der Waals surface area contributed by atoms with Crippen molar-refractivity contribution in [2.45, 2.75) is 11.3 Å². The minimum Gasteiger partial charge on any atom is -0.325 e. The van der Waals surface area contributed by atoms with Crippen molar-refractivity contribution in [1.29, 1.82) is 0 Å². The molecule has 27 heavy (non-hydrogen) atoms. The third-order valence-electron chi connectivity index (χ3n) is 3.23. The van der Waals surface area contributed by atoms with E-state index in [-0.39, 0.29) is 21.6 Å². The SMILES string of the molecule is O=C(CSc1nnc2c(Cl)cc(C(F)(F)F)cn12)Nc1cc(Cl)cc(Cl)c1. The highest BCUT2D eigenvalue weighted by Gasteiger charge is 2.32. The van der Waals surface area contributed by atoms with E-state index >= 15 is 0 Å². The zero-order valence-electron chi connectivity index (χ0n) is 13.0. The summed E-state index contributed by atoms with van der Waals surface area (Å²) in [6.07, 6.45) is -3.74. The number of benzene rings is 1. The van der Waals surface area contributed by atoms with Crippen LogP contribution < -0.4 is 5.32 Å². The Kier molecular flexibility index (Phi) is 5.76. The topological polar surface area (TPSA) is 59.3 Å². The molecule has 0 radical (unpaired) electrons. The fourth-order valence-corrected chi connectivity index (χ4v) is 3.62. The van der Waals surface area contributed by atoms with Crippen molar-refractivity contribution >= 4 is 63.8 Å². The van der Waals surface area contributed by atoms with E-state index in [4.69, 9.17) is 34.8 Å². The molecular weight excluding hydrogens is 448 g/mol. The van der Waals surface area contributed by atoms with Crippen molar-refractivity contribution in [2.24, 2.45) is 0 Å². The maximum Gasteiger partial charge on any atom is 0.417 e. The van der Waals surface area contributed by atoms with E-state index in [1.54, 1.807) is 0 Å². The molecule has 1 amide bonds. The summed E-state index contributed by atoms with van der Waals surface area (Å²) in [6.45, 7) is 0. The van der Waals surface area contributed by atoms with Gasteiger partial charge in [-0.1, -0.05) is 46.6 Å². The second-order valence-corrected chi connectivity index (χ2v) is 7.47. The summed E-state index contributed by atoms with van der Waals surface area (Å²) in [5.74, 6) is -0.549. The average molecular weight is 456 g/mol. The van der Waals surface area contributed by atoms with Gasteiger partial charge in [-0.15, -0.1) is 10.2 Å². The van der Waals surface area contributed by atoms with Crippen LogP contribution in [0.4, 0.5) is 18.9 Å². The number of halogens is 6. The second kappa shape index (κ2) is 7.75. The Labute approximate surface area is 169 Å². The molecule has 0 spiro atoms. The van der Waals surface area contributed by atoms with Gasteiger partial charge in [0.15, 0.2) is 10.8 Å². The zero-order valence-corrected chi connectivity index (χ0v) is 16.1. The van der Waals surface area contributed by atoms with E-state index < -0.39 is 17.6 Å². The first-order chi connectivity index (χ1) is 12.6. The lowest BCUT2D eigenvalue weighted by atomic mass is 10.3. The van der Waals surface area contributed by atoms with Gasteiger partial charge in [-0.25, -0.2) is 0 Å². The van der Waals surface area contributed by atoms with Crippen molar-refractivity contribution in [3.8, 4) is 0 Å². The van der Waals surface area contributed by atoms with Crippen LogP contribution in [0.1, 0.15) is 5.56 Å². The van der Waals surface area contributed by atoms with Crippen LogP contribution in [-0.2, 0) is 11.0 Å². The number of amides is 1. The standard InChI is InChI=1S/C15H8Cl3F3N4OS/c16-8-2-9(17)4-10(3-8)22-12(26)6-27-14-24-23-13-11(18)1-7(5-25(13)14)15(19,20)21/h1-5H,6H2,(H,22,26). The molecule has 0 aliphatic carbocycles. The minimum atomic E-state index is -4.58. The lowest BCUT2D eigenvalue weighted by Gasteiger charge is -2.09. The van der Waals surface area contributed by atoms with E-state index in [1.807, 2.05) is 0 Å². The van der Waals surface area contributed by atoms with Crippen molar-refractivity contribution in [1.82, 2.24) is 14.6 Å². The maximum absolute atomic E-state index is 13.0. The molecule has 3 rings (SSSR count). The van der Waals surface area contributed by atoms with Crippen LogP contribution >= 0.6 is 46.6 Å². The van der Waals surface area contributed by atoms with Gasteiger partial charge in [0.05, 0.1) is 16.3 Å². The average Bonchev–Trinajstić information content (AvgIpc) is 2.94. The van der Waals surface area contributed by atoms with Crippen molar-refractivity contribution in [2.75, 3.05) is 11.1 Å². The lowest BCUT2D eigenvalue weighted by molar-refractivity contribution is -0.137. The van der Waals surface area contributed by atoms with Crippen LogP contribution in [0.5, 0.6) is 0 Å². The number of carbonyl (C=O) groups excluding carboxylic acids is 1. The first-order valence-corrected chi connectivity index (χ1v) is 9.25. The van der Waals surface area contributed by atoms with E-state index in [0.717, 1.165) is 28.4 Å². The molecule has 12 heteroatoms. The third-order valence-corrected chi connectivity index (χ3v) is 4.89. The molecule has 142 valence electrons. The van der Waals surface area contributed by atoms with Gasteiger partial charge in [-0.3, -0.25) is 9.20 Å². The molecular formula is C15H8Cl3F3N4OS. The molecule has 0 bridgehead atoms. The number of aromatic nitrogens is 3. The molecule has 0 aliphatic heterocycles. The van der Waals surface area contributed by atoms with Gasteiger partial charge >= 0.3 is 6.18 Å². The number of rotatable bonds is 4. The fraction of sp³-hybridized carbons (Fsp3) is 0.133. The Hall–Kier alpha value is -1.68. The maximum atomic E-state index is 13.0. The number of anilines is 1. The van der Waals surface area contributed by atoms with Gasteiger partial charge in [0.1, 0.15) is 0 Å². The van der Waals surface area contributed by atoms with Crippen molar-refractivity contribution in [3.63, 3.8) is 0 Å². The van der Waals surface area contributed by atoms with E-state index in [9.17, 15) is 18.0 Å². The van der Waals surface area contributed by atoms with E-state index in [0.29, 0.717) is 15.7 Å². The Morgan fingerprint density at radius 1 is 1.11 bits per heavy atom. The van der Waals surface area contributed by atoms with Gasteiger partial charge in [0.2, 0.25) is 5.91 Å². The molecule has 5 nitrogen and oxygen atoms in total. The molecule has 0 aliphatic rings. The Morgan fingerprint density at radius 2 is 1.78 bits per heavy atom. The van der Waals surface area contributed by atoms with Crippen LogP contribution in [0, 0.1) is 0 Å². The quantitative estimate of drug-likeness (QED) is 0.532. The Morgan fingerprint density at radius 3 is 2.41 bits per heavy atom. The number of fused-ring (bicyclic) bond motifs is 1. The van der Waals surface area contributed by atoms with Gasteiger partial charge in [0, 0.05) is 21.9 Å². The Bertz CT molecular complexity index is 1010. The number of hydrogen-bond acceptors (Lipinski definition) is 4. The summed E-state index contributed by atoms with van der Waals surface area (Å²) in [5, 5.41) is 10.7. The molecule has 1 N–H and O–H groups in total. The molecule has 3 aromatic rings. The van der Waals surface area contributed by atoms with Crippen LogP contribution in [0.15, 0.2) is 35.6 Å². The second-order valence-electron chi connectivity index (χ2n) is 5.25. The highest BCUT2D eigenvalue weighted by atomic mass is 35.5. The number of thioether (sulfide) groups is 1. The molecule has 0 saturated carbocycles. The first-order valence-electron chi connectivity index (χ1n) is 7.14.